The summed E-state index contributed by atoms with van der Waals surface area (Å²) in [6.07, 6.45) is 4.76. The van der Waals surface area contributed by atoms with Crippen LogP contribution in [0.5, 0.6) is 0 Å². The van der Waals surface area contributed by atoms with Crippen molar-refractivity contribution in [2.75, 3.05) is 19.8 Å². The number of rotatable bonds is 7. The molecule has 0 saturated carbocycles. The first-order valence-corrected chi connectivity index (χ1v) is 8.57. The molecule has 0 spiro atoms. The average molecular weight is 311 g/mol. The molecule has 1 unspecified atom stereocenters. The lowest BCUT2D eigenvalue weighted by molar-refractivity contribution is -0.124. The van der Waals surface area contributed by atoms with Crippen LogP contribution >= 0.6 is 11.3 Å². The Balaban J connectivity index is 1.58. The number of hydrogen-bond acceptors (Lipinski definition) is 5. The van der Waals surface area contributed by atoms with Crippen LogP contribution in [-0.4, -0.2) is 36.7 Å². The molecular formula is C15H25N3O2S. The number of nitrogens with two attached hydrogens (primary N) is 1. The third kappa shape index (κ3) is 5.37. The summed E-state index contributed by atoms with van der Waals surface area (Å²) in [6, 6.07) is -0.393. The van der Waals surface area contributed by atoms with Gasteiger partial charge in [0.05, 0.1) is 11.0 Å². The second-order valence-electron chi connectivity index (χ2n) is 5.61. The van der Waals surface area contributed by atoms with Crippen molar-refractivity contribution in [1.29, 1.82) is 0 Å². The fourth-order valence-electron chi connectivity index (χ4n) is 2.54. The van der Waals surface area contributed by atoms with Gasteiger partial charge in [-0.05, 0) is 44.9 Å². The number of carbonyl (C=O) groups is 1. The van der Waals surface area contributed by atoms with Gasteiger partial charge < -0.3 is 15.8 Å². The molecule has 3 N–H and O–H groups in total. The minimum Gasteiger partial charge on any atom is -0.381 e. The van der Waals surface area contributed by atoms with E-state index in [4.69, 9.17) is 10.5 Å². The van der Waals surface area contributed by atoms with E-state index in [1.165, 1.54) is 5.01 Å². The maximum absolute atomic E-state index is 12.0. The van der Waals surface area contributed by atoms with Gasteiger partial charge in [0, 0.05) is 30.8 Å². The van der Waals surface area contributed by atoms with Crippen LogP contribution in [0.4, 0.5) is 0 Å². The summed E-state index contributed by atoms with van der Waals surface area (Å²) >= 11 is 1.71. The number of ether oxygens (including phenoxy) is 1. The fourth-order valence-corrected chi connectivity index (χ4v) is 3.36. The molecule has 2 heterocycles. The van der Waals surface area contributed by atoms with Gasteiger partial charge in [-0.3, -0.25) is 4.79 Å². The molecule has 1 aliphatic heterocycles. The Bertz CT molecular complexity index is 444. The third-order valence-electron chi connectivity index (χ3n) is 3.86. The molecule has 1 saturated heterocycles. The topological polar surface area (TPSA) is 77.2 Å². The van der Waals surface area contributed by atoms with Gasteiger partial charge in [-0.1, -0.05) is 0 Å². The molecule has 2 rings (SSSR count). The smallest absolute Gasteiger partial charge is 0.237 e. The number of aromatic nitrogens is 1. The number of aryl methyl sites for hydroxylation is 2. The number of carbonyl (C=O) groups excluding carboxylic acids is 1. The van der Waals surface area contributed by atoms with Crippen molar-refractivity contribution in [1.82, 2.24) is 10.3 Å². The van der Waals surface area contributed by atoms with Gasteiger partial charge >= 0.3 is 0 Å². The van der Waals surface area contributed by atoms with E-state index in [0.717, 1.165) is 51.0 Å². The van der Waals surface area contributed by atoms with Crippen molar-refractivity contribution in [3.63, 3.8) is 0 Å². The quantitative estimate of drug-likeness (QED) is 0.751. The summed E-state index contributed by atoms with van der Waals surface area (Å²) in [5.41, 5.74) is 7.11. The molecule has 1 atom stereocenters. The highest BCUT2D eigenvalue weighted by molar-refractivity contribution is 7.09. The van der Waals surface area contributed by atoms with E-state index in [9.17, 15) is 4.79 Å². The molecule has 0 aliphatic carbocycles. The molecule has 0 aromatic carbocycles. The van der Waals surface area contributed by atoms with Gasteiger partial charge in [-0.25, -0.2) is 4.98 Å². The van der Waals surface area contributed by atoms with E-state index >= 15 is 0 Å². The van der Waals surface area contributed by atoms with Crippen LogP contribution in [0.3, 0.4) is 0 Å². The van der Waals surface area contributed by atoms with Gasteiger partial charge in [0.1, 0.15) is 0 Å². The SMILES string of the molecule is Cc1csc(CCCCNC(=O)C(N)C2CCOCC2)n1. The maximum Gasteiger partial charge on any atom is 0.237 e. The van der Waals surface area contributed by atoms with Gasteiger partial charge in [-0.2, -0.15) is 0 Å². The van der Waals surface area contributed by atoms with Crippen molar-refractivity contribution in [3.05, 3.63) is 16.1 Å². The minimum atomic E-state index is -0.393. The monoisotopic (exact) mass is 311 g/mol. The fraction of sp³-hybridized carbons (Fsp3) is 0.733. The Morgan fingerprint density at radius 2 is 2.29 bits per heavy atom. The molecule has 5 nitrogen and oxygen atoms in total. The van der Waals surface area contributed by atoms with Crippen molar-refractivity contribution in [2.24, 2.45) is 11.7 Å². The Kier molecular flexibility index (Phi) is 6.60. The lowest BCUT2D eigenvalue weighted by atomic mass is 9.92. The molecule has 1 amide bonds. The Hall–Kier alpha value is -0.980. The predicted octanol–water partition coefficient (Wildman–Crippen LogP) is 1.64. The number of thiazole rings is 1. The number of amides is 1. The normalized spacial score (nSPS) is 17.6. The van der Waals surface area contributed by atoms with E-state index in [1.54, 1.807) is 11.3 Å². The second-order valence-corrected chi connectivity index (χ2v) is 6.55. The summed E-state index contributed by atoms with van der Waals surface area (Å²) in [4.78, 5) is 16.4. The number of nitrogens with zero attached hydrogens (tertiary/aromatic N) is 1. The summed E-state index contributed by atoms with van der Waals surface area (Å²) in [6.45, 7) is 4.15. The minimum absolute atomic E-state index is 0.0213. The zero-order chi connectivity index (χ0) is 15.1. The van der Waals surface area contributed by atoms with Crippen molar-refractivity contribution in [2.45, 2.75) is 45.1 Å². The predicted molar refractivity (Wildman–Crippen MR) is 84.3 cm³/mol. The van der Waals surface area contributed by atoms with Gasteiger partial charge in [-0.15, -0.1) is 11.3 Å². The largest absolute Gasteiger partial charge is 0.381 e. The summed E-state index contributed by atoms with van der Waals surface area (Å²) in [7, 11) is 0. The van der Waals surface area contributed by atoms with Crippen LogP contribution in [0.25, 0.3) is 0 Å². The number of unbranched alkanes of at least 4 members (excludes halogenated alkanes) is 1. The summed E-state index contributed by atoms with van der Waals surface area (Å²) in [5, 5.41) is 6.20. The van der Waals surface area contributed by atoms with Crippen LogP contribution < -0.4 is 11.1 Å². The lowest BCUT2D eigenvalue weighted by Crippen LogP contribution is -2.47. The number of hydrogen-bond donors (Lipinski definition) is 2. The first-order valence-electron chi connectivity index (χ1n) is 7.69. The van der Waals surface area contributed by atoms with Crippen LogP contribution in [0, 0.1) is 12.8 Å². The van der Waals surface area contributed by atoms with E-state index in [-0.39, 0.29) is 11.8 Å². The molecule has 1 fully saturated rings. The third-order valence-corrected chi connectivity index (χ3v) is 4.89. The Morgan fingerprint density at radius 1 is 1.52 bits per heavy atom. The van der Waals surface area contributed by atoms with E-state index < -0.39 is 6.04 Å². The van der Waals surface area contributed by atoms with E-state index in [0.29, 0.717) is 6.54 Å². The molecule has 21 heavy (non-hydrogen) atoms. The lowest BCUT2D eigenvalue weighted by Gasteiger charge is -2.26. The van der Waals surface area contributed by atoms with Crippen LogP contribution in [0.2, 0.25) is 0 Å². The van der Waals surface area contributed by atoms with E-state index in [1.807, 2.05) is 6.92 Å². The van der Waals surface area contributed by atoms with Crippen molar-refractivity contribution >= 4 is 17.2 Å². The molecule has 1 aliphatic rings. The van der Waals surface area contributed by atoms with Crippen LogP contribution in [0.15, 0.2) is 5.38 Å². The molecule has 118 valence electrons. The van der Waals surface area contributed by atoms with Crippen LogP contribution in [0.1, 0.15) is 36.4 Å². The first-order chi connectivity index (χ1) is 10.2. The van der Waals surface area contributed by atoms with Gasteiger partial charge in [0.15, 0.2) is 0 Å². The summed E-state index contributed by atoms with van der Waals surface area (Å²) in [5.74, 6) is 0.240. The van der Waals surface area contributed by atoms with Crippen LogP contribution in [-0.2, 0) is 16.0 Å². The number of nitrogens with one attached hydrogen (secondary N) is 1. The highest BCUT2D eigenvalue weighted by atomic mass is 32.1. The highest BCUT2D eigenvalue weighted by Gasteiger charge is 2.26. The molecule has 6 heteroatoms. The summed E-state index contributed by atoms with van der Waals surface area (Å²) < 4.78 is 5.29. The molecule has 0 radical (unpaired) electrons. The van der Waals surface area contributed by atoms with Gasteiger partial charge in [0.2, 0.25) is 5.91 Å². The second kappa shape index (κ2) is 8.46. The van der Waals surface area contributed by atoms with E-state index in [2.05, 4.69) is 15.7 Å². The maximum atomic E-state index is 12.0. The standard InChI is InChI=1S/C15H25N3O2S/c1-11-10-21-13(18-11)4-2-3-7-17-15(19)14(16)12-5-8-20-9-6-12/h10,12,14H,2-9,16H2,1H3,(H,17,19). The molecule has 1 aromatic heterocycles. The first kappa shape index (κ1) is 16.4. The van der Waals surface area contributed by atoms with Crippen molar-refractivity contribution < 1.29 is 9.53 Å². The molecular weight excluding hydrogens is 286 g/mol. The Labute approximate surface area is 130 Å². The molecule has 1 aromatic rings. The Morgan fingerprint density at radius 3 is 2.95 bits per heavy atom. The highest BCUT2D eigenvalue weighted by Crippen LogP contribution is 2.17. The molecule has 0 bridgehead atoms. The zero-order valence-corrected chi connectivity index (χ0v) is 13.5. The zero-order valence-electron chi connectivity index (χ0n) is 12.6. The van der Waals surface area contributed by atoms with Crippen molar-refractivity contribution in [3.8, 4) is 0 Å². The average Bonchev–Trinajstić information content (AvgIpc) is 2.92. The van der Waals surface area contributed by atoms with Gasteiger partial charge in [0.25, 0.3) is 0 Å².